The molecule has 0 aliphatic heterocycles. The van der Waals surface area contributed by atoms with E-state index < -0.39 is 31.8 Å². The van der Waals surface area contributed by atoms with Crippen LogP contribution in [-0.4, -0.2) is 26.1 Å². The van der Waals surface area contributed by atoms with E-state index in [1.807, 2.05) is 0 Å². The van der Waals surface area contributed by atoms with E-state index in [9.17, 15) is 17.6 Å². The molecule has 0 aromatic rings. The molecule has 0 fully saturated rings. The lowest BCUT2D eigenvalue weighted by Crippen LogP contribution is -2.17. The third-order valence-electron chi connectivity index (χ3n) is 1.22. The van der Waals surface area contributed by atoms with Gasteiger partial charge in [-0.05, 0) is 0 Å². The normalized spacial score (nSPS) is 12.0. The first-order chi connectivity index (χ1) is 5.06. The molecule has 0 aromatic heterocycles. The number of ether oxygens (including phenoxy) is 1. The largest absolute Gasteiger partial charge is 0.381 e. The molecular weight excluding hydrogens is 164 g/mol. The van der Waals surface area contributed by atoms with Gasteiger partial charge in [-0.25, -0.2) is 17.6 Å². The number of rotatable bonds is 5. The Kier molecular flexibility index (Phi) is 5.19. The van der Waals surface area contributed by atoms with E-state index in [0.29, 0.717) is 0 Å². The quantitative estimate of drug-likeness (QED) is 0.581. The summed E-state index contributed by atoms with van der Waals surface area (Å²) >= 11 is 0. The van der Waals surface area contributed by atoms with Crippen molar-refractivity contribution in [2.24, 2.45) is 0 Å². The Labute approximate surface area is 62.3 Å². The smallest absolute Gasteiger partial charge is 0.241 e. The first kappa shape index (κ1) is 10.7. The number of methoxy groups -OCH3 is 1. The van der Waals surface area contributed by atoms with Crippen LogP contribution in [0, 0.1) is 0 Å². The van der Waals surface area contributed by atoms with Crippen LogP contribution in [-0.2, 0) is 4.74 Å². The summed E-state index contributed by atoms with van der Waals surface area (Å²) in [5.74, 6) is 0. The van der Waals surface area contributed by atoms with Gasteiger partial charge in [-0.1, -0.05) is 0 Å². The van der Waals surface area contributed by atoms with Crippen LogP contribution in [0.25, 0.3) is 0 Å². The molecule has 0 saturated carbocycles. The van der Waals surface area contributed by atoms with Crippen molar-refractivity contribution in [3.05, 3.63) is 0 Å². The van der Waals surface area contributed by atoms with E-state index in [2.05, 4.69) is 4.74 Å². The molecule has 0 saturated heterocycles. The summed E-state index contributed by atoms with van der Waals surface area (Å²) in [5, 5.41) is 0. The van der Waals surface area contributed by atoms with Crippen LogP contribution in [0.4, 0.5) is 17.6 Å². The molecule has 0 atom stereocenters. The monoisotopic (exact) mass is 174 g/mol. The second-order valence-corrected chi connectivity index (χ2v) is 2.11. The molecule has 0 aromatic carbocycles. The van der Waals surface area contributed by atoms with E-state index in [1.165, 1.54) is 0 Å². The van der Waals surface area contributed by atoms with Crippen molar-refractivity contribution < 1.29 is 22.3 Å². The fraction of sp³-hybridized carbons (Fsp3) is 1.00. The second kappa shape index (κ2) is 5.35. The highest BCUT2D eigenvalue weighted by Crippen LogP contribution is 2.14. The minimum absolute atomic E-state index is 0.624. The molecular formula is C6H10F4O. The summed E-state index contributed by atoms with van der Waals surface area (Å²) in [4.78, 5) is 0. The van der Waals surface area contributed by atoms with Crippen LogP contribution in [0.15, 0.2) is 0 Å². The summed E-state index contributed by atoms with van der Waals surface area (Å²) in [6.07, 6.45) is -7.45. The predicted octanol–water partition coefficient (Wildman–Crippen LogP) is 2.31. The van der Waals surface area contributed by atoms with E-state index in [-0.39, 0.29) is 0 Å². The van der Waals surface area contributed by atoms with E-state index in [4.69, 9.17) is 0 Å². The third kappa shape index (κ3) is 6.09. The molecule has 5 heteroatoms. The van der Waals surface area contributed by atoms with Crippen molar-refractivity contribution in [1.82, 2.24) is 0 Å². The summed E-state index contributed by atoms with van der Waals surface area (Å²) in [6.45, 7) is 0. The Bertz CT molecular complexity index is 86.6. The average Bonchev–Trinajstić information content (AvgIpc) is 1.84. The van der Waals surface area contributed by atoms with Crippen molar-refractivity contribution in [1.29, 1.82) is 0 Å². The first-order valence-corrected chi connectivity index (χ1v) is 3.15. The van der Waals surface area contributed by atoms with Gasteiger partial charge >= 0.3 is 0 Å². The van der Waals surface area contributed by atoms with Gasteiger partial charge in [0.05, 0.1) is 6.10 Å². The van der Waals surface area contributed by atoms with Gasteiger partial charge in [0.25, 0.3) is 0 Å². The van der Waals surface area contributed by atoms with Crippen molar-refractivity contribution in [3.63, 3.8) is 0 Å². The summed E-state index contributed by atoms with van der Waals surface area (Å²) in [7, 11) is 1.15. The van der Waals surface area contributed by atoms with E-state index in [1.54, 1.807) is 0 Å². The number of alkyl halides is 4. The maximum absolute atomic E-state index is 11.6. The zero-order valence-corrected chi connectivity index (χ0v) is 6.07. The van der Waals surface area contributed by atoms with E-state index >= 15 is 0 Å². The highest BCUT2D eigenvalue weighted by Gasteiger charge is 2.18. The molecule has 0 bridgehead atoms. The van der Waals surface area contributed by atoms with Crippen LogP contribution < -0.4 is 0 Å². The molecule has 0 heterocycles. The van der Waals surface area contributed by atoms with Crippen LogP contribution >= 0.6 is 0 Å². The molecule has 0 unspecified atom stereocenters. The van der Waals surface area contributed by atoms with Crippen LogP contribution in [0.2, 0.25) is 0 Å². The average molecular weight is 174 g/mol. The predicted molar refractivity (Wildman–Crippen MR) is 32.0 cm³/mol. The zero-order valence-electron chi connectivity index (χ0n) is 6.07. The number of hydrogen-bond donors (Lipinski definition) is 0. The molecule has 68 valence electrons. The Morgan fingerprint density at radius 1 is 1.00 bits per heavy atom. The fourth-order valence-corrected chi connectivity index (χ4v) is 0.686. The van der Waals surface area contributed by atoms with Gasteiger partial charge in [0.2, 0.25) is 12.9 Å². The Morgan fingerprint density at radius 2 is 1.36 bits per heavy atom. The highest BCUT2D eigenvalue weighted by molar-refractivity contribution is 4.60. The Morgan fingerprint density at radius 3 is 1.55 bits per heavy atom. The van der Waals surface area contributed by atoms with Gasteiger partial charge in [0, 0.05) is 20.0 Å². The number of hydrogen-bond acceptors (Lipinski definition) is 1. The molecule has 11 heavy (non-hydrogen) atoms. The minimum Gasteiger partial charge on any atom is -0.381 e. The van der Waals surface area contributed by atoms with Crippen molar-refractivity contribution in [3.8, 4) is 0 Å². The Hall–Kier alpha value is -0.320. The lowest BCUT2D eigenvalue weighted by Gasteiger charge is -2.13. The van der Waals surface area contributed by atoms with Gasteiger partial charge in [-0.2, -0.15) is 0 Å². The molecule has 0 radical (unpaired) electrons. The van der Waals surface area contributed by atoms with Crippen LogP contribution in [0.5, 0.6) is 0 Å². The minimum atomic E-state index is -2.58. The van der Waals surface area contributed by atoms with E-state index in [0.717, 1.165) is 7.11 Å². The molecule has 0 spiro atoms. The third-order valence-corrected chi connectivity index (χ3v) is 1.22. The fourth-order valence-electron chi connectivity index (χ4n) is 0.686. The Balaban J connectivity index is 3.58. The van der Waals surface area contributed by atoms with Gasteiger partial charge in [-0.15, -0.1) is 0 Å². The summed E-state index contributed by atoms with van der Waals surface area (Å²) < 4.78 is 50.8. The van der Waals surface area contributed by atoms with Gasteiger partial charge in [-0.3, -0.25) is 0 Å². The lowest BCUT2D eigenvalue weighted by atomic mass is 10.2. The number of halogens is 4. The molecule has 0 aliphatic carbocycles. The second-order valence-electron chi connectivity index (χ2n) is 2.11. The van der Waals surface area contributed by atoms with Crippen LogP contribution in [0.1, 0.15) is 12.8 Å². The molecule has 0 amide bonds. The summed E-state index contributed by atoms with van der Waals surface area (Å²) in [6, 6.07) is 0. The van der Waals surface area contributed by atoms with Crippen LogP contribution in [0.3, 0.4) is 0 Å². The summed E-state index contributed by atoms with van der Waals surface area (Å²) in [5.41, 5.74) is 0. The maximum atomic E-state index is 11.6. The topological polar surface area (TPSA) is 9.23 Å². The zero-order chi connectivity index (χ0) is 8.85. The standard InChI is InChI=1S/C6H10F4O/c1-11-4(2-5(7)8)3-6(9)10/h4-6H,2-3H2,1H3. The molecule has 0 aliphatic rings. The lowest BCUT2D eigenvalue weighted by molar-refractivity contribution is -0.00690. The maximum Gasteiger partial charge on any atom is 0.241 e. The van der Waals surface area contributed by atoms with Gasteiger partial charge in [0.15, 0.2) is 0 Å². The van der Waals surface area contributed by atoms with Gasteiger partial charge in [0.1, 0.15) is 0 Å². The molecule has 0 rings (SSSR count). The van der Waals surface area contributed by atoms with Crippen molar-refractivity contribution in [2.75, 3.05) is 7.11 Å². The van der Waals surface area contributed by atoms with Gasteiger partial charge < -0.3 is 4.74 Å². The molecule has 0 N–H and O–H groups in total. The van der Waals surface area contributed by atoms with Crippen molar-refractivity contribution in [2.45, 2.75) is 31.8 Å². The molecule has 1 nitrogen and oxygen atoms in total. The highest BCUT2D eigenvalue weighted by atomic mass is 19.3. The first-order valence-electron chi connectivity index (χ1n) is 3.15. The van der Waals surface area contributed by atoms with Crippen molar-refractivity contribution >= 4 is 0 Å². The SMILES string of the molecule is COC(CC(F)F)CC(F)F.